The Hall–Kier alpha value is -3.42. The molecule has 3 aromatic rings. The molecule has 0 unspecified atom stereocenters. The number of anilines is 1. The minimum Gasteiger partial charge on any atom is -0.484 e. The Morgan fingerprint density at radius 2 is 1.97 bits per heavy atom. The number of pyridine rings is 1. The molecule has 0 bridgehead atoms. The van der Waals surface area contributed by atoms with Gasteiger partial charge < -0.3 is 19.1 Å². The Kier molecular flexibility index (Phi) is 6.16. The van der Waals surface area contributed by atoms with Gasteiger partial charge in [0.05, 0.1) is 0 Å². The maximum absolute atomic E-state index is 12.5. The molecule has 0 atom stereocenters. The van der Waals surface area contributed by atoms with Gasteiger partial charge in [-0.3, -0.25) is 4.79 Å². The Morgan fingerprint density at radius 3 is 2.61 bits per heavy atom. The van der Waals surface area contributed by atoms with E-state index in [0.29, 0.717) is 24.8 Å². The number of nitrogens with zero attached hydrogens (tertiary/aromatic N) is 5. The molecule has 162 valence electrons. The summed E-state index contributed by atoms with van der Waals surface area (Å²) in [7, 11) is 0. The number of aromatic nitrogens is 3. The van der Waals surface area contributed by atoms with Gasteiger partial charge in [0, 0.05) is 43.9 Å². The summed E-state index contributed by atoms with van der Waals surface area (Å²) in [5.74, 6) is 2.95. The molecule has 0 saturated carbocycles. The van der Waals surface area contributed by atoms with Crippen LogP contribution < -0.4 is 9.64 Å². The minimum absolute atomic E-state index is 0.00234. The van der Waals surface area contributed by atoms with Crippen LogP contribution in [0.25, 0.3) is 11.4 Å². The summed E-state index contributed by atoms with van der Waals surface area (Å²) in [4.78, 5) is 25.5. The topological polar surface area (TPSA) is 84.6 Å². The van der Waals surface area contributed by atoms with E-state index >= 15 is 0 Å². The molecule has 0 radical (unpaired) electrons. The highest BCUT2D eigenvalue weighted by Gasteiger charge is 2.22. The van der Waals surface area contributed by atoms with Crippen LogP contribution in [0.5, 0.6) is 5.75 Å². The molecule has 31 heavy (non-hydrogen) atoms. The third-order valence-electron chi connectivity index (χ3n) is 5.25. The van der Waals surface area contributed by atoms with Crippen LogP contribution in [0.4, 0.5) is 5.82 Å². The van der Waals surface area contributed by atoms with Crippen molar-refractivity contribution in [3.8, 4) is 17.1 Å². The van der Waals surface area contributed by atoms with Crippen molar-refractivity contribution in [2.75, 3.05) is 37.7 Å². The minimum atomic E-state index is 0.00234. The van der Waals surface area contributed by atoms with Crippen molar-refractivity contribution in [2.24, 2.45) is 0 Å². The maximum Gasteiger partial charge on any atom is 0.260 e. The van der Waals surface area contributed by atoms with Gasteiger partial charge in [0.15, 0.2) is 6.61 Å². The molecule has 1 aromatic carbocycles. The quantitative estimate of drug-likeness (QED) is 0.604. The zero-order valence-electron chi connectivity index (χ0n) is 18.1. The standard InChI is InChI=1S/C23H27N5O3/c1-16(2)23-25-22(26-31-23)18-7-8-20(24-14-18)27-9-11-28(12-10-27)21(29)15-30-19-6-4-5-17(3)13-19/h4-8,13-14,16H,9-12,15H2,1-3H3. The molecule has 8 heteroatoms. The molecule has 0 aliphatic carbocycles. The fraction of sp³-hybridized carbons (Fsp3) is 0.391. The van der Waals surface area contributed by atoms with E-state index in [-0.39, 0.29) is 18.4 Å². The normalized spacial score (nSPS) is 14.2. The van der Waals surface area contributed by atoms with E-state index in [1.165, 1.54) is 0 Å². The van der Waals surface area contributed by atoms with E-state index < -0.39 is 0 Å². The molecule has 0 spiro atoms. The lowest BCUT2D eigenvalue weighted by Gasteiger charge is -2.35. The summed E-state index contributed by atoms with van der Waals surface area (Å²) in [5.41, 5.74) is 1.93. The van der Waals surface area contributed by atoms with E-state index in [2.05, 4.69) is 20.0 Å². The summed E-state index contributed by atoms with van der Waals surface area (Å²) in [5, 5.41) is 4.03. The third kappa shape index (κ3) is 5.02. The first-order chi connectivity index (χ1) is 15.0. The van der Waals surface area contributed by atoms with Gasteiger partial charge in [-0.1, -0.05) is 31.1 Å². The number of carbonyl (C=O) groups is 1. The van der Waals surface area contributed by atoms with Crippen LogP contribution in [0, 0.1) is 6.92 Å². The van der Waals surface area contributed by atoms with Crippen molar-refractivity contribution in [3.63, 3.8) is 0 Å². The van der Waals surface area contributed by atoms with Crippen molar-refractivity contribution in [1.29, 1.82) is 0 Å². The average Bonchev–Trinajstić information content (AvgIpc) is 3.29. The van der Waals surface area contributed by atoms with Gasteiger partial charge in [-0.25, -0.2) is 4.98 Å². The lowest BCUT2D eigenvalue weighted by atomic mass is 10.2. The zero-order valence-corrected chi connectivity index (χ0v) is 18.1. The van der Waals surface area contributed by atoms with Crippen LogP contribution in [0.3, 0.4) is 0 Å². The van der Waals surface area contributed by atoms with Crippen LogP contribution in [0.15, 0.2) is 47.1 Å². The highest BCUT2D eigenvalue weighted by Crippen LogP contribution is 2.21. The van der Waals surface area contributed by atoms with Gasteiger partial charge in [-0.15, -0.1) is 0 Å². The van der Waals surface area contributed by atoms with Gasteiger partial charge in [-0.2, -0.15) is 4.98 Å². The molecule has 1 amide bonds. The van der Waals surface area contributed by atoms with Crippen LogP contribution in [-0.2, 0) is 4.79 Å². The second-order valence-corrected chi connectivity index (χ2v) is 7.99. The maximum atomic E-state index is 12.5. The predicted molar refractivity (Wildman–Crippen MR) is 117 cm³/mol. The van der Waals surface area contributed by atoms with E-state index in [4.69, 9.17) is 9.26 Å². The number of rotatable bonds is 6. The Labute approximate surface area is 181 Å². The fourth-order valence-corrected chi connectivity index (χ4v) is 3.42. The first-order valence-corrected chi connectivity index (χ1v) is 10.5. The molecule has 4 rings (SSSR count). The third-order valence-corrected chi connectivity index (χ3v) is 5.25. The largest absolute Gasteiger partial charge is 0.484 e. The van der Waals surface area contributed by atoms with E-state index in [9.17, 15) is 4.79 Å². The number of amides is 1. The summed E-state index contributed by atoms with van der Waals surface area (Å²) in [6.07, 6.45) is 1.76. The number of aryl methyl sites for hydroxylation is 1. The van der Waals surface area contributed by atoms with Crippen LogP contribution in [-0.4, -0.2) is 58.7 Å². The van der Waals surface area contributed by atoms with Crippen molar-refractivity contribution >= 4 is 11.7 Å². The van der Waals surface area contributed by atoms with Gasteiger partial charge in [0.1, 0.15) is 11.6 Å². The van der Waals surface area contributed by atoms with Gasteiger partial charge >= 0.3 is 0 Å². The molecular weight excluding hydrogens is 394 g/mol. The van der Waals surface area contributed by atoms with E-state index in [0.717, 1.165) is 35.8 Å². The molecule has 1 fully saturated rings. The summed E-state index contributed by atoms with van der Waals surface area (Å²) in [6.45, 7) is 8.81. The Balaban J connectivity index is 1.29. The fourth-order valence-electron chi connectivity index (χ4n) is 3.42. The average molecular weight is 422 g/mol. The smallest absolute Gasteiger partial charge is 0.260 e. The van der Waals surface area contributed by atoms with Crippen LogP contribution >= 0.6 is 0 Å². The van der Waals surface area contributed by atoms with E-state index in [1.807, 2.05) is 62.1 Å². The van der Waals surface area contributed by atoms with Crippen LogP contribution in [0.2, 0.25) is 0 Å². The Morgan fingerprint density at radius 1 is 1.16 bits per heavy atom. The highest BCUT2D eigenvalue weighted by atomic mass is 16.5. The van der Waals surface area contributed by atoms with Gasteiger partial charge in [0.2, 0.25) is 11.7 Å². The summed E-state index contributed by atoms with van der Waals surface area (Å²) in [6, 6.07) is 11.6. The Bertz CT molecular complexity index is 1020. The highest BCUT2D eigenvalue weighted by molar-refractivity contribution is 5.78. The van der Waals surface area contributed by atoms with Crippen LogP contribution in [0.1, 0.15) is 31.2 Å². The molecule has 1 aliphatic heterocycles. The van der Waals surface area contributed by atoms with Crippen molar-refractivity contribution in [1.82, 2.24) is 20.0 Å². The monoisotopic (exact) mass is 421 g/mol. The lowest BCUT2D eigenvalue weighted by molar-refractivity contribution is -0.133. The number of ether oxygens (including phenoxy) is 1. The predicted octanol–water partition coefficient (Wildman–Crippen LogP) is 3.29. The summed E-state index contributed by atoms with van der Waals surface area (Å²) < 4.78 is 10.9. The number of piperazine rings is 1. The molecular formula is C23H27N5O3. The SMILES string of the molecule is Cc1cccc(OCC(=O)N2CCN(c3ccc(-c4noc(C(C)C)n4)cn3)CC2)c1. The molecule has 3 heterocycles. The second kappa shape index (κ2) is 9.16. The number of carbonyl (C=O) groups excluding carboxylic acids is 1. The van der Waals surface area contributed by atoms with E-state index in [1.54, 1.807) is 6.20 Å². The van der Waals surface area contributed by atoms with Crippen molar-refractivity contribution in [2.45, 2.75) is 26.7 Å². The molecule has 8 nitrogen and oxygen atoms in total. The molecule has 2 aromatic heterocycles. The zero-order chi connectivity index (χ0) is 21.8. The second-order valence-electron chi connectivity index (χ2n) is 7.99. The molecule has 1 aliphatic rings. The molecule has 1 saturated heterocycles. The van der Waals surface area contributed by atoms with Crippen molar-refractivity contribution < 1.29 is 14.1 Å². The lowest BCUT2D eigenvalue weighted by Crippen LogP contribution is -2.50. The van der Waals surface area contributed by atoms with Gasteiger partial charge in [-0.05, 0) is 36.8 Å². The molecule has 0 N–H and O–H groups in total. The number of hydrogen-bond acceptors (Lipinski definition) is 7. The van der Waals surface area contributed by atoms with Gasteiger partial charge in [0.25, 0.3) is 5.91 Å². The summed E-state index contributed by atoms with van der Waals surface area (Å²) >= 11 is 0. The van der Waals surface area contributed by atoms with Crippen molar-refractivity contribution in [3.05, 3.63) is 54.0 Å². The first kappa shape index (κ1) is 20.8. The first-order valence-electron chi connectivity index (χ1n) is 10.5. The number of benzene rings is 1. The number of hydrogen-bond donors (Lipinski definition) is 0.